The van der Waals surface area contributed by atoms with Crippen molar-refractivity contribution in [2.75, 3.05) is 0 Å². The Balaban J connectivity index is 1.46. The number of aromatic nitrogens is 2. The summed E-state index contributed by atoms with van der Waals surface area (Å²) in [6.07, 6.45) is 50.8. The van der Waals surface area contributed by atoms with E-state index in [4.69, 9.17) is 0 Å². The predicted octanol–water partition coefficient (Wildman–Crippen LogP) is 17.1. The molecule has 3 rings (SSSR count). The molecule has 0 saturated heterocycles. The number of aromatic amines is 1. The van der Waals surface area contributed by atoms with Crippen LogP contribution in [0.1, 0.15) is 249 Å². The predicted molar refractivity (Wildman–Crippen MR) is 247 cm³/mol. The van der Waals surface area contributed by atoms with Crippen LogP contribution in [0.15, 0.2) is 73.1 Å². The van der Waals surface area contributed by atoms with Gasteiger partial charge in [-0.25, -0.2) is 9.55 Å². The quantitative estimate of drug-likeness (QED) is 0.0443. The first-order chi connectivity index (χ1) is 27.7. The Morgan fingerprint density at radius 3 is 1.27 bits per heavy atom. The van der Waals surface area contributed by atoms with Gasteiger partial charge in [0, 0.05) is 5.41 Å². The molecule has 2 heteroatoms. The van der Waals surface area contributed by atoms with E-state index in [9.17, 15) is 0 Å². The van der Waals surface area contributed by atoms with Gasteiger partial charge in [-0.05, 0) is 36.8 Å². The second kappa shape index (κ2) is 32.6. The Morgan fingerprint density at radius 2 is 0.839 bits per heavy atom. The number of unbranched alkanes of at least 4 members (excludes halogenated alkanes) is 29. The third-order valence-electron chi connectivity index (χ3n) is 13.1. The van der Waals surface area contributed by atoms with Crippen LogP contribution in [0.4, 0.5) is 0 Å². The maximum absolute atomic E-state index is 3.84. The molecule has 1 heterocycles. The fraction of sp³-hybridized carbons (Fsp3) is 0.722. The van der Waals surface area contributed by atoms with Crippen molar-refractivity contribution in [1.29, 1.82) is 0 Å². The molecule has 1 N–H and O–H groups in total. The molecule has 2 nitrogen and oxygen atoms in total. The highest BCUT2D eigenvalue weighted by Gasteiger charge is 2.42. The van der Waals surface area contributed by atoms with Crippen molar-refractivity contribution in [2.45, 2.75) is 251 Å². The number of rotatable bonds is 38. The molecule has 0 bridgehead atoms. The van der Waals surface area contributed by atoms with E-state index in [2.05, 4.69) is 103 Å². The van der Waals surface area contributed by atoms with Crippen LogP contribution in [0.3, 0.4) is 0 Å². The molecule has 1 aromatic heterocycles. The van der Waals surface area contributed by atoms with E-state index in [-0.39, 0.29) is 5.41 Å². The summed E-state index contributed by atoms with van der Waals surface area (Å²) in [6.45, 7) is 8.31. The van der Waals surface area contributed by atoms with E-state index < -0.39 is 0 Å². The fourth-order valence-corrected chi connectivity index (χ4v) is 9.44. The SMILES string of the molecule is CCCCCCCCCCCCCCCCCC[n+]1cc[nH]c1C(CCCCCCCCCCCCCCCCC)C(C)(Cc1ccccc1)c1ccccc1. The van der Waals surface area contributed by atoms with E-state index in [0.717, 1.165) is 13.0 Å². The Morgan fingerprint density at radius 1 is 0.464 bits per heavy atom. The zero-order valence-corrected chi connectivity index (χ0v) is 37.5. The first-order valence-corrected chi connectivity index (χ1v) is 24.8. The molecule has 0 aliphatic heterocycles. The van der Waals surface area contributed by atoms with Crippen molar-refractivity contribution in [3.05, 3.63) is 90.0 Å². The largest absolute Gasteiger partial charge is 0.258 e. The summed E-state index contributed by atoms with van der Waals surface area (Å²) in [5.41, 5.74) is 2.91. The second-order valence-corrected chi connectivity index (χ2v) is 18.1. The summed E-state index contributed by atoms with van der Waals surface area (Å²) in [7, 11) is 0. The van der Waals surface area contributed by atoms with Crippen molar-refractivity contribution in [3.63, 3.8) is 0 Å². The molecule has 0 amide bonds. The van der Waals surface area contributed by atoms with Crippen molar-refractivity contribution in [1.82, 2.24) is 4.98 Å². The maximum Gasteiger partial charge on any atom is 0.258 e. The van der Waals surface area contributed by atoms with E-state index >= 15 is 0 Å². The molecule has 3 aromatic rings. The molecular formula is C54H91N2+. The summed E-state index contributed by atoms with van der Waals surface area (Å²) in [5.74, 6) is 1.88. The number of hydrogen-bond acceptors (Lipinski definition) is 0. The third-order valence-corrected chi connectivity index (χ3v) is 13.1. The average molecular weight is 768 g/mol. The van der Waals surface area contributed by atoms with E-state index in [1.807, 2.05) is 0 Å². The Labute approximate surface area is 348 Å². The summed E-state index contributed by atoms with van der Waals surface area (Å²) < 4.78 is 2.60. The van der Waals surface area contributed by atoms with Gasteiger partial charge in [0.2, 0.25) is 0 Å². The number of nitrogens with zero attached hydrogens (tertiary/aromatic N) is 1. The van der Waals surface area contributed by atoms with Gasteiger partial charge in [0.1, 0.15) is 12.4 Å². The van der Waals surface area contributed by atoms with Crippen LogP contribution in [0.25, 0.3) is 0 Å². The Bertz CT molecular complexity index is 1260. The lowest BCUT2D eigenvalue weighted by Gasteiger charge is -2.37. The monoisotopic (exact) mass is 768 g/mol. The molecule has 2 unspecified atom stereocenters. The molecule has 316 valence electrons. The second-order valence-electron chi connectivity index (χ2n) is 18.1. The lowest BCUT2D eigenvalue weighted by molar-refractivity contribution is -0.705. The zero-order chi connectivity index (χ0) is 39.6. The molecule has 2 atom stereocenters. The molecule has 0 fully saturated rings. The standard InChI is InChI=1S/C54H90N2/c1-4-6-8-10-12-14-16-18-20-22-24-26-28-30-32-40-47-56-48-46-55-53(56)52(45-39-31-29-27-25-23-21-19-17-15-13-11-9-7-5-2)54(3,51-43-37-34-38-44-51)49-50-41-35-33-36-42-50/h33-38,41-44,46,48,52H,4-32,39-40,45,47,49H2,1-3H3/p+1. The molecule has 2 aromatic carbocycles. The van der Waals surface area contributed by atoms with Gasteiger partial charge in [-0.15, -0.1) is 0 Å². The smallest absolute Gasteiger partial charge is 0.247 e. The van der Waals surface area contributed by atoms with Gasteiger partial charge in [0.05, 0.1) is 12.5 Å². The Hall–Kier alpha value is -2.35. The summed E-state index contributed by atoms with van der Waals surface area (Å²) in [4.78, 5) is 3.84. The first-order valence-electron chi connectivity index (χ1n) is 24.8. The van der Waals surface area contributed by atoms with Gasteiger partial charge in [-0.1, -0.05) is 268 Å². The molecule has 0 spiro atoms. The number of hydrogen-bond donors (Lipinski definition) is 1. The lowest BCUT2D eigenvalue weighted by Crippen LogP contribution is -2.43. The average Bonchev–Trinajstić information content (AvgIpc) is 3.69. The van der Waals surface area contributed by atoms with Gasteiger partial charge >= 0.3 is 0 Å². The van der Waals surface area contributed by atoms with Crippen molar-refractivity contribution < 1.29 is 4.57 Å². The molecule has 56 heavy (non-hydrogen) atoms. The van der Waals surface area contributed by atoms with E-state index in [1.54, 1.807) is 0 Å². The van der Waals surface area contributed by atoms with E-state index in [0.29, 0.717) is 5.92 Å². The highest BCUT2D eigenvalue weighted by molar-refractivity contribution is 5.32. The highest BCUT2D eigenvalue weighted by atomic mass is 15.1. The molecule has 0 radical (unpaired) electrons. The van der Waals surface area contributed by atoms with Crippen LogP contribution >= 0.6 is 0 Å². The topological polar surface area (TPSA) is 19.7 Å². The van der Waals surface area contributed by atoms with Crippen LogP contribution in [-0.4, -0.2) is 4.98 Å². The summed E-state index contributed by atoms with van der Waals surface area (Å²) in [6, 6.07) is 22.8. The van der Waals surface area contributed by atoms with Gasteiger partial charge in [0.25, 0.3) is 5.82 Å². The molecule has 0 aliphatic rings. The number of aryl methyl sites for hydroxylation is 1. The fourth-order valence-electron chi connectivity index (χ4n) is 9.44. The summed E-state index contributed by atoms with van der Waals surface area (Å²) >= 11 is 0. The van der Waals surface area contributed by atoms with Crippen LogP contribution < -0.4 is 4.57 Å². The lowest BCUT2D eigenvalue weighted by atomic mass is 9.66. The number of imidazole rings is 1. The first kappa shape index (κ1) is 48.0. The minimum absolute atomic E-state index is 0.000148. The zero-order valence-electron chi connectivity index (χ0n) is 37.5. The van der Waals surface area contributed by atoms with Crippen LogP contribution in [0.2, 0.25) is 0 Å². The van der Waals surface area contributed by atoms with Crippen LogP contribution in [0.5, 0.6) is 0 Å². The summed E-state index contributed by atoms with van der Waals surface area (Å²) in [5, 5.41) is 0. The minimum Gasteiger partial charge on any atom is -0.247 e. The maximum atomic E-state index is 3.84. The van der Waals surface area contributed by atoms with Gasteiger partial charge < -0.3 is 0 Å². The molecule has 0 aliphatic carbocycles. The van der Waals surface area contributed by atoms with Crippen molar-refractivity contribution >= 4 is 0 Å². The Kier molecular flexibility index (Phi) is 27.9. The third kappa shape index (κ3) is 20.9. The van der Waals surface area contributed by atoms with Gasteiger partial charge in [-0.3, -0.25) is 0 Å². The van der Waals surface area contributed by atoms with Gasteiger partial charge in [0.15, 0.2) is 0 Å². The molecular weight excluding hydrogens is 677 g/mol. The highest BCUT2D eigenvalue weighted by Crippen LogP contribution is 2.43. The van der Waals surface area contributed by atoms with Gasteiger partial charge in [-0.2, -0.15) is 0 Å². The number of nitrogens with one attached hydrogen (secondary N) is 1. The van der Waals surface area contributed by atoms with Crippen molar-refractivity contribution in [3.8, 4) is 0 Å². The number of benzene rings is 2. The normalized spacial score (nSPS) is 13.3. The van der Waals surface area contributed by atoms with Crippen LogP contribution in [-0.2, 0) is 18.4 Å². The minimum atomic E-state index is -0.000148. The van der Waals surface area contributed by atoms with Crippen LogP contribution in [0, 0.1) is 0 Å². The molecule has 0 saturated carbocycles. The number of H-pyrrole nitrogens is 1. The van der Waals surface area contributed by atoms with Crippen molar-refractivity contribution in [2.24, 2.45) is 0 Å². The van der Waals surface area contributed by atoms with E-state index in [1.165, 1.54) is 222 Å².